The molecule has 0 spiro atoms. The lowest BCUT2D eigenvalue weighted by Crippen LogP contribution is -2.39. The van der Waals surface area contributed by atoms with Gasteiger partial charge in [-0.1, -0.05) is 39.0 Å². The molecular formula is C13H20FNO3S. The highest BCUT2D eigenvalue weighted by Crippen LogP contribution is 2.18. The zero-order chi connectivity index (χ0) is 14.7. The molecule has 0 saturated heterocycles. The zero-order valence-electron chi connectivity index (χ0n) is 11.4. The Morgan fingerprint density at radius 1 is 1.32 bits per heavy atom. The second-order valence-electron chi connectivity index (χ2n) is 5.58. The highest BCUT2D eigenvalue weighted by Gasteiger charge is 2.24. The van der Waals surface area contributed by atoms with Gasteiger partial charge >= 0.3 is 0 Å². The van der Waals surface area contributed by atoms with Crippen LogP contribution in [0.3, 0.4) is 0 Å². The summed E-state index contributed by atoms with van der Waals surface area (Å²) in [7, 11) is -3.66. The maximum Gasteiger partial charge on any atom is 0.215 e. The van der Waals surface area contributed by atoms with Gasteiger partial charge in [-0.25, -0.2) is 17.5 Å². The predicted octanol–water partition coefficient (Wildman–Crippen LogP) is 1.65. The molecule has 0 saturated carbocycles. The largest absolute Gasteiger partial charge is 0.391 e. The van der Waals surface area contributed by atoms with Crippen LogP contribution in [0.4, 0.5) is 4.39 Å². The van der Waals surface area contributed by atoms with Gasteiger partial charge in [0, 0.05) is 12.1 Å². The van der Waals surface area contributed by atoms with Crippen molar-refractivity contribution in [2.45, 2.75) is 32.6 Å². The van der Waals surface area contributed by atoms with Crippen molar-refractivity contribution in [2.24, 2.45) is 5.41 Å². The Morgan fingerprint density at radius 3 is 2.42 bits per heavy atom. The summed E-state index contributed by atoms with van der Waals surface area (Å²) in [5, 5.41) is 9.77. The first kappa shape index (κ1) is 16.1. The van der Waals surface area contributed by atoms with Gasteiger partial charge in [0.25, 0.3) is 0 Å². The van der Waals surface area contributed by atoms with Crippen molar-refractivity contribution in [2.75, 3.05) is 6.54 Å². The van der Waals surface area contributed by atoms with Crippen molar-refractivity contribution in [3.8, 4) is 0 Å². The van der Waals surface area contributed by atoms with Crippen LogP contribution in [0.25, 0.3) is 0 Å². The number of halogens is 1. The molecule has 0 heterocycles. The predicted molar refractivity (Wildman–Crippen MR) is 72.5 cm³/mol. The lowest BCUT2D eigenvalue weighted by molar-refractivity contribution is 0.0677. The SMILES string of the molecule is CC(C)(C)C(O)CNS(=O)(=O)Cc1ccccc1F. The molecule has 0 aliphatic rings. The number of sulfonamides is 1. The summed E-state index contributed by atoms with van der Waals surface area (Å²) >= 11 is 0. The van der Waals surface area contributed by atoms with Crippen LogP contribution in [0.15, 0.2) is 24.3 Å². The van der Waals surface area contributed by atoms with E-state index >= 15 is 0 Å². The molecule has 108 valence electrons. The molecule has 1 atom stereocenters. The Balaban J connectivity index is 2.66. The molecule has 1 rings (SSSR count). The van der Waals surface area contributed by atoms with Gasteiger partial charge in [-0.3, -0.25) is 0 Å². The van der Waals surface area contributed by atoms with Gasteiger partial charge < -0.3 is 5.11 Å². The molecule has 1 unspecified atom stereocenters. The third-order valence-corrected chi connectivity index (χ3v) is 4.10. The summed E-state index contributed by atoms with van der Waals surface area (Å²) in [6.07, 6.45) is -0.803. The molecule has 2 N–H and O–H groups in total. The highest BCUT2D eigenvalue weighted by molar-refractivity contribution is 7.88. The van der Waals surface area contributed by atoms with E-state index in [2.05, 4.69) is 4.72 Å². The van der Waals surface area contributed by atoms with Crippen LogP contribution >= 0.6 is 0 Å². The first-order valence-electron chi connectivity index (χ1n) is 6.00. The Bertz CT molecular complexity index is 523. The van der Waals surface area contributed by atoms with Gasteiger partial charge in [0.15, 0.2) is 0 Å². The molecule has 19 heavy (non-hydrogen) atoms. The summed E-state index contributed by atoms with van der Waals surface area (Å²) in [4.78, 5) is 0. The third kappa shape index (κ3) is 5.26. The van der Waals surface area contributed by atoms with Crippen LogP contribution in [0.2, 0.25) is 0 Å². The quantitative estimate of drug-likeness (QED) is 0.866. The molecule has 1 aromatic carbocycles. The van der Waals surface area contributed by atoms with E-state index in [0.29, 0.717) is 0 Å². The normalized spacial score (nSPS) is 14.4. The van der Waals surface area contributed by atoms with E-state index in [1.54, 1.807) is 6.07 Å². The monoisotopic (exact) mass is 289 g/mol. The first-order chi connectivity index (χ1) is 8.62. The molecule has 0 fully saturated rings. The third-order valence-electron chi connectivity index (χ3n) is 2.80. The number of nitrogens with one attached hydrogen (secondary N) is 1. The highest BCUT2D eigenvalue weighted by atomic mass is 32.2. The van der Waals surface area contributed by atoms with E-state index < -0.39 is 33.1 Å². The molecule has 0 bridgehead atoms. The summed E-state index contributed by atoms with van der Waals surface area (Å²) < 4.78 is 39.3. The van der Waals surface area contributed by atoms with Gasteiger partial charge in [-0.2, -0.15) is 0 Å². The maximum atomic E-state index is 13.4. The smallest absolute Gasteiger partial charge is 0.215 e. The van der Waals surface area contributed by atoms with Crippen molar-refractivity contribution in [1.29, 1.82) is 0 Å². The molecule has 6 heteroatoms. The fourth-order valence-electron chi connectivity index (χ4n) is 1.38. The Labute approximate surface area is 113 Å². The summed E-state index contributed by atoms with van der Waals surface area (Å²) in [5.74, 6) is -0.986. The number of hydrogen-bond acceptors (Lipinski definition) is 3. The van der Waals surface area contributed by atoms with E-state index in [1.165, 1.54) is 18.2 Å². The minimum absolute atomic E-state index is 0.0830. The van der Waals surface area contributed by atoms with E-state index in [4.69, 9.17) is 0 Å². The van der Waals surface area contributed by atoms with Crippen molar-refractivity contribution < 1.29 is 17.9 Å². The molecular weight excluding hydrogens is 269 g/mol. The molecule has 0 amide bonds. The Hall–Kier alpha value is -0.980. The molecule has 4 nitrogen and oxygen atoms in total. The minimum atomic E-state index is -3.66. The maximum absolute atomic E-state index is 13.4. The molecule has 0 aliphatic carbocycles. The van der Waals surface area contributed by atoms with E-state index in [-0.39, 0.29) is 12.1 Å². The van der Waals surface area contributed by atoms with Crippen LogP contribution in [-0.4, -0.2) is 26.2 Å². The van der Waals surface area contributed by atoms with Crippen molar-refractivity contribution >= 4 is 10.0 Å². The van der Waals surface area contributed by atoms with Crippen LogP contribution < -0.4 is 4.72 Å². The zero-order valence-corrected chi connectivity index (χ0v) is 12.2. The van der Waals surface area contributed by atoms with Gasteiger partial charge in [0.05, 0.1) is 11.9 Å². The second-order valence-corrected chi connectivity index (χ2v) is 7.39. The van der Waals surface area contributed by atoms with Crippen LogP contribution in [-0.2, 0) is 15.8 Å². The van der Waals surface area contributed by atoms with Crippen molar-refractivity contribution in [3.63, 3.8) is 0 Å². The average molecular weight is 289 g/mol. The number of rotatable bonds is 5. The average Bonchev–Trinajstić information content (AvgIpc) is 2.28. The number of hydrogen-bond donors (Lipinski definition) is 2. The van der Waals surface area contributed by atoms with Gasteiger partial charge in [-0.15, -0.1) is 0 Å². The number of benzene rings is 1. The minimum Gasteiger partial charge on any atom is -0.391 e. The Kier molecular flexibility index (Phi) is 5.06. The van der Waals surface area contributed by atoms with Crippen LogP contribution in [0, 0.1) is 11.2 Å². The first-order valence-corrected chi connectivity index (χ1v) is 7.66. The fourth-order valence-corrected chi connectivity index (χ4v) is 2.54. The van der Waals surface area contributed by atoms with Gasteiger partial charge in [0.1, 0.15) is 5.82 Å². The summed E-state index contributed by atoms with van der Waals surface area (Å²) in [6.45, 7) is 5.34. The number of aliphatic hydroxyl groups excluding tert-OH is 1. The lowest BCUT2D eigenvalue weighted by Gasteiger charge is -2.25. The van der Waals surface area contributed by atoms with Gasteiger partial charge in [-0.05, 0) is 11.5 Å². The molecule has 1 aromatic rings. The molecule has 0 aliphatic heterocycles. The lowest BCUT2D eigenvalue weighted by atomic mass is 9.89. The Morgan fingerprint density at radius 2 is 1.89 bits per heavy atom. The van der Waals surface area contributed by atoms with Crippen molar-refractivity contribution in [1.82, 2.24) is 4.72 Å². The second kappa shape index (κ2) is 5.98. The molecule has 0 radical (unpaired) electrons. The standard InChI is InChI=1S/C13H20FNO3S/c1-13(2,3)12(16)8-15-19(17,18)9-10-6-4-5-7-11(10)14/h4-7,12,15-16H,8-9H2,1-3H3. The summed E-state index contributed by atoms with van der Waals surface area (Å²) in [5.41, 5.74) is -0.305. The van der Waals surface area contributed by atoms with E-state index in [0.717, 1.165) is 0 Å². The van der Waals surface area contributed by atoms with E-state index in [9.17, 15) is 17.9 Å². The number of aliphatic hydroxyl groups is 1. The van der Waals surface area contributed by atoms with Crippen molar-refractivity contribution in [3.05, 3.63) is 35.6 Å². The van der Waals surface area contributed by atoms with Crippen LogP contribution in [0.5, 0.6) is 0 Å². The summed E-state index contributed by atoms with van der Waals surface area (Å²) in [6, 6.07) is 5.73. The van der Waals surface area contributed by atoms with Crippen LogP contribution in [0.1, 0.15) is 26.3 Å². The molecule has 0 aromatic heterocycles. The van der Waals surface area contributed by atoms with E-state index in [1.807, 2.05) is 20.8 Å². The topological polar surface area (TPSA) is 66.4 Å². The van der Waals surface area contributed by atoms with Gasteiger partial charge in [0.2, 0.25) is 10.0 Å². The fraction of sp³-hybridized carbons (Fsp3) is 0.538.